The molecule has 0 saturated carbocycles. The largest absolute Gasteiger partial charge is 0.496 e. The summed E-state index contributed by atoms with van der Waals surface area (Å²) < 4.78 is 11.1. The number of rotatable bonds is 8. The highest BCUT2D eigenvalue weighted by molar-refractivity contribution is 6.24. The second-order valence-electron chi connectivity index (χ2n) is 10.3. The minimum Gasteiger partial charge on any atom is -0.496 e. The highest BCUT2D eigenvalue weighted by Gasteiger charge is 2.69. The van der Waals surface area contributed by atoms with Crippen molar-refractivity contribution in [2.45, 2.75) is 31.8 Å². The van der Waals surface area contributed by atoms with E-state index in [1.165, 1.54) is 38.5 Å². The molecule has 0 radical (unpaired) electrons. The van der Waals surface area contributed by atoms with Crippen molar-refractivity contribution < 1.29 is 33.9 Å². The molecule has 4 atom stereocenters. The van der Waals surface area contributed by atoms with E-state index in [1.807, 2.05) is 0 Å². The molecule has 2 amide bonds. The number of fused-ring (bicyclic) bond motifs is 1. The molecule has 0 aliphatic carbocycles. The van der Waals surface area contributed by atoms with Crippen LogP contribution < -0.4 is 19.7 Å². The van der Waals surface area contributed by atoms with Crippen LogP contribution in [0.4, 0.5) is 11.4 Å². The monoisotopic (exact) mass is 559 g/mol. The van der Waals surface area contributed by atoms with Crippen molar-refractivity contribution in [2.75, 3.05) is 19.1 Å². The summed E-state index contributed by atoms with van der Waals surface area (Å²) >= 11 is 0. The molecule has 0 aromatic heterocycles. The Kier molecular flexibility index (Phi) is 7.00. The lowest BCUT2D eigenvalue weighted by Gasteiger charge is -2.32. The number of aryl methyl sites for hydroxylation is 1. The number of carbonyl (C=O) groups excluding carboxylic acids is 2. The number of methoxy groups -OCH3 is 2. The minimum absolute atomic E-state index is 0.149. The Morgan fingerprint density at radius 2 is 1.71 bits per heavy atom. The Hall–Kier alpha value is -4.77. The van der Waals surface area contributed by atoms with Gasteiger partial charge in [0.05, 0.1) is 36.7 Å². The number of benzene rings is 3. The smallest absolute Gasteiger partial charge is 0.325 e. The third-order valence-corrected chi connectivity index (χ3v) is 8.17. The zero-order chi connectivity index (χ0) is 29.6. The molecule has 11 nitrogen and oxygen atoms in total. The maximum atomic E-state index is 14.2. The van der Waals surface area contributed by atoms with Crippen LogP contribution in [0.3, 0.4) is 0 Å². The first kappa shape index (κ1) is 27.8. The van der Waals surface area contributed by atoms with Gasteiger partial charge in [0.25, 0.3) is 5.69 Å². The van der Waals surface area contributed by atoms with E-state index in [0.29, 0.717) is 39.4 Å². The molecule has 5 rings (SSSR count). The normalized spacial score (nSPS) is 23.4. The van der Waals surface area contributed by atoms with Crippen LogP contribution in [-0.4, -0.2) is 47.6 Å². The fourth-order valence-electron chi connectivity index (χ4n) is 6.25. The maximum absolute atomic E-state index is 14.2. The number of amides is 2. The van der Waals surface area contributed by atoms with Gasteiger partial charge in [-0.2, -0.15) is 0 Å². The number of nitro benzene ring substituents is 1. The van der Waals surface area contributed by atoms with E-state index >= 15 is 0 Å². The highest BCUT2D eigenvalue weighted by Crippen LogP contribution is 2.53. The van der Waals surface area contributed by atoms with Crippen molar-refractivity contribution >= 4 is 29.2 Å². The van der Waals surface area contributed by atoms with Crippen LogP contribution in [-0.2, 0) is 20.8 Å². The fraction of sp³-hybridized carbons (Fsp3) is 0.300. The Balaban J connectivity index is 1.70. The van der Waals surface area contributed by atoms with Crippen LogP contribution in [0, 0.1) is 35.8 Å². The van der Waals surface area contributed by atoms with Gasteiger partial charge in [-0.3, -0.25) is 29.8 Å². The molecular formula is C30H29N3O8. The molecule has 2 aliphatic rings. The number of ether oxygens (including phenoxy) is 2. The predicted octanol–water partition coefficient (Wildman–Crippen LogP) is 3.75. The van der Waals surface area contributed by atoms with E-state index in [9.17, 15) is 29.6 Å². The number of anilines is 1. The number of hydrogen-bond donors (Lipinski definition) is 2. The van der Waals surface area contributed by atoms with E-state index in [0.717, 1.165) is 4.90 Å². The average molecular weight is 560 g/mol. The number of carbonyl (C=O) groups is 3. The van der Waals surface area contributed by atoms with Crippen molar-refractivity contribution in [3.05, 3.63) is 93.0 Å². The Labute approximate surface area is 235 Å². The molecule has 2 heterocycles. The SMILES string of the molecule is COc1ccc(C2NC(Cc3ccc([N+](=O)[O-])cc3)(C(=O)O)C3C(=O)N(c4ccccc4C)C(=O)C23)c(OC)c1C. The number of imide groups is 1. The predicted molar refractivity (Wildman–Crippen MR) is 148 cm³/mol. The molecule has 41 heavy (non-hydrogen) atoms. The van der Waals surface area contributed by atoms with Gasteiger partial charge in [-0.1, -0.05) is 36.4 Å². The average Bonchev–Trinajstić information content (AvgIpc) is 3.42. The second kappa shape index (κ2) is 10.3. The van der Waals surface area contributed by atoms with E-state index < -0.39 is 46.1 Å². The van der Waals surface area contributed by atoms with Gasteiger partial charge in [-0.05, 0) is 37.1 Å². The summed E-state index contributed by atoms with van der Waals surface area (Å²) in [6.45, 7) is 3.56. The molecule has 2 fully saturated rings. The number of para-hydroxylation sites is 1. The summed E-state index contributed by atoms with van der Waals surface area (Å²) in [5.41, 5.74) is 0.647. The lowest BCUT2D eigenvalue weighted by Crippen LogP contribution is -2.57. The van der Waals surface area contributed by atoms with E-state index in [-0.39, 0.29) is 12.1 Å². The summed E-state index contributed by atoms with van der Waals surface area (Å²) in [6.07, 6.45) is -0.198. The van der Waals surface area contributed by atoms with Crippen molar-refractivity contribution in [3.8, 4) is 11.5 Å². The molecule has 4 unspecified atom stereocenters. The van der Waals surface area contributed by atoms with Gasteiger partial charge in [0.15, 0.2) is 0 Å². The zero-order valence-corrected chi connectivity index (χ0v) is 22.9. The van der Waals surface area contributed by atoms with Crippen molar-refractivity contribution in [2.24, 2.45) is 11.8 Å². The van der Waals surface area contributed by atoms with Gasteiger partial charge in [-0.15, -0.1) is 0 Å². The molecular weight excluding hydrogens is 530 g/mol. The molecule has 2 saturated heterocycles. The number of hydrogen-bond acceptors (Lipinski definition) is 8. The van der Waals surface area contributed by atoms with Crippen molar-refractivity contribution in [3.63, 3.8) is 0 Å². The molecule has 212 valence electrons. The maximum Gasteiger partial charge on any atom is 0.325 e. The summed E-state index contributed by atoms with van der Waals surface area (Å²) in [7, 11) is 2.99. The first-order valence-electron chi connectivity index (χ1n) is 12.9. The number of nitro groups is 1. The first-order chi connectivity index (χ1) is 19.5. The van der Waals surface area contributed by atoms with Crippen LogP contribution >= 0.6 is 0 Å². The molecule has 2 N–H and O–H groups in total. The summed E-state index contributed by atoms with van der Waals surface area (Å²) in [4.78, 5) is 53.2. The number of non-ortho nitro benzene ring substituents is 1. The Morgan fingerprint density at radius 3 is 2.29 bits per heavy atom. The highest BCUT2D eigenvalue weighted by atomic mass is 16.6. The first-order valence-corrected chi connectivity index (χ1v) is 12.9. The fourth-order valence-corrected chi connectivity index (χ4v) is 6.25. The van der Waals surface area contributed by atoms with Crippen molar-refractivity contribution in [1.82, 2.24) is 5.32 Å². The van der Waals surface area contributed by atoms with Gasteiger partial charge < -0.3 is 14.6 Å². The summed E-state index contributed by atoms with van der Waals surface area (Å²) in [5, 5.41) is 25.1. The van der Waals surface area contributed by atoms with Crippen LogP contribution in [0.1, 0.15) is 28.3 Å². The molecule has 3 aromatic carbocycles. The van der Waals surface area contributed by atoms with E-state index in [1.54, 1.807) is 50.2 Å². The van der Waals surface area contributed by atoms with E-state index in [4.69, 9.17) is 9.47 Å². The van der Waals surface area contributed by atoms with Gasteiger partial charge in [-0.25, -0.2) is 4.90 Å². The third kappa shape index (κ3) is 4.29. The second-order valence-corrected chi connectivity index (χ2v) is 10.3. The minimum atomic E-state index is -1.91. The number of aliphatic carboxylic acids is 1. The standard InChI is InChI=1S/C30H29N3O8/c1-16-7-5-6-8-21(16)32-27(34)23-24(28(32)35)30(29(36)37,15-18-9-11-19(12-10-18)33(38)39)31-25(23)20-13-14-22(40-3)17(2)26(20)41-4/h5-14,23-25,31H,15H2,1-4H3,(H,36,37). The molecule has 0 bridgehead atoms. The van der Waals surface area contributed by atoms with Gasteiger partial charge >= 0.3 is 5.97 Å². The number of carboxylic acid groups (broad SMARTS) is 1. The Bertz CT molecular complexity index is 1570. The number of nitrogens with one attached hydrogen (secondary N) is 1. The summed E-state index contributed by atoms with van der Waals surface area (Å²) in [5.74, 6) is -3.85. The van der Waals surface area contributed by atoms with Crippen LogP contribution in [0.5, 0.6) is 11.5 Å². The zero-order valence-electron chi connectivity index (χ0n) is 22.9. The Morgan fingerprint density at radius 1 is 1.02 bits per heavy atom. The number of nitrogens with zero attached hydrogens (tertiary/aromatic N) is 2. The quantitative estimate of drug-likeness (QED) is 0.239. The summed E-state index contributed by atoms with van der Waals surface area (Å²) in [6, 6.07) is 14.9. The lowest BCUT2D eigenvalue weighted by atomic mass is 9.76. The molecule has 2 aliphatic heterocycles. The lowest BCUT2D eigenvalue weighted by molar-refractivity contribution is -0.384. The molecule has 0 spiro atoms. The van der Waals surface area contributed by atoms with Crippen LogP contribution in [0.15, 0.2) is 60.7 Å². The van der Waals surface area contributed by atoms with Gasteiger partial charge in [0, 0.05) is 35.7 Å². The van der Waals surface area contributed by atoms with Gasteiger partial charge in [0.2, 0.25) is 11.8 Å². The third-order valence-electron chi connectivity index (χ3n) is 8.17. The van der Waals surface area contributed by atoms with E-state index in [2.05, 4.69) is 5.32 Å². The topological polar surface area (TPSA) is 148 Å². The molecule has 11 heteroatoms. The number of carboxylic acids is 1. The molecule has 3 aromatic rings. The van der Waals surface area contributed by atoms with Gasteiger partial charge in [0.1, 0.15) is 17.0 Å². The van der Waals surface area contributed by atoms with Crippen molar-refractivity contribution in [1.29, 1.82) is 0 Å². The van der Waals surface area contributed by atoms with Crippen LogP contribution in [0.25, 0.3) is 0 Å². The van der Waals surface area contributed by atoms with Crippen LogP contribution in [0.2, 0.25) is 0 Å².